The van der Waals surface area contributed by atoms with Gasteiger partial charge in [-0.1, -0.05) is 26.0 Å². The Labute approximate surface area is 148 Å². The van der Waals surface area contributed by atoms with Crippen molar-refractivity contribution in [2.45, 2.75) is 32.7 Å². The summed E-state index contributed by atoms with van der Waals surface area (Å²) >= 11 is 0. The fourth-order valence-electron chi connectivity index (χ4n) is 2.69. The van der Waals surface area contributed by atoms with E-state index in [0.29, 0.717) is 5.82 Å². The van der Waals surface area contributed by atoms with Gasteiger partial charge in [0.25, 0.3) is 5.56 Å². The van der Waals surface area contributed by atoms with Crippen LogP contribution in [-0.2, 0) is 11.2 Å². The van der Waals surface area contributed by atoms with E-state index in [0.717, 1.165) is 11.0 Å². The number of fused-ring (bicyclic) bond motifs is 1. The molecule has 0 bridgehead atoms. The van der Waals surface area contributed by atoms with Gasteiger partial charge in [-0.15, -0.1) is 0 Å². The summed E-state index contributed by atoms with van der Waals surface area (Å²) in [6.45, 7) is 3.98. The minimum atomic E-state index is -0.673. The molecule has 2 aromatic heterocycles. The molecule has 0 fully saturated rings. The summed E-state index contributed by atoms with van der Waals surface area (Å²) in [7, 11) is 0. The summed E-state index contributed by atoms with van der Waals surface area (Å²) in [4.78, 5) is 44.8. The van der Waals surface area contributed by atoms with E-state index in [1.54, 1.807) is 0 Å². The van der Waals surface area contributed by atoms with Crippen molar-refractivity contribution in [1.29, 1.82) is 0 Å². The lowest BCUT2D eigenvalue weighted by Crippen LogP contribution is -2.33. The topological polar surface area (TPSA) is 136 Å². The Bertz CT molecular complexity index is 999. The normalized spacial score (nSPS) is 12.4. The number of hydrogen-bond donors (Lipinski definition) is 4. The third kappa shape index (κ3) is 3.88. The zero-order chi connectivity index (χ0) is 18.7. The minimum absolute atomic E-state index is 0.0750. The number of amides is 1. The highest BCUT2D eigenvalue weighted by Crippen LogP contribution is 2.22. The highest BCUT2D eigenvalue weighted by atomic mass is 16.2. The molecule has 1 amide bonds. The van der Waals surface area contributed by atoms with Crippen molar-refractivity contribution in [2.24, 2.45) is 5.92 Å². The lowest BCUT2D eigenvalue weighted by atomic mass is 10.0. The van der Waals surface area contributed by atoms with Crippen LogP contribution in [0.4, 0.5) is 0 Å². The number of carbonyl (C=O) groups is 1. The van der Waals surface area contributed by atoms with E-state index in [9.17, 15) is 14.4 Å². The van der Waals surface area contributed by atoms with Gasteiger partial charge in [0, 0.05) is 12.8 Å². The average molecular weight is 356 g/mol. The number of para-hydroxylation sites is 2. The van der Waals surface area contributed by atoms with Crippen molar-refractivity contribution in [3.05, 3.63) is 56.6 Å². The smallest absolute Gasteiger partial charge is 0.342 e. The molecule has 0 unspecified atom stereocenters. The van der Waals surface area contributed by atoms with Gasteiger partial charge >= 0.3 is 5.69 Å². The van der Waals surface area contributed by atoms with Gasteiger partial charge in [-0.25, -0.2) is 14.9 Å². The first-order valence-electron chi connectivity index (χ1n) is 8.36. The van der Waals surface area contributed by atoms with E-state index in [2.05, 4.69) is 30.5 Å². The highest BCUT2D eigenvalue weighted by molar-refractivity contribution is 5.77. The zero-order valence-electron chi connectivity index (χ0n) is 14.5. The molecule has 0 saturated heterocycles. The molecule has 1 aromatic carbocycles. The van der Waals surface area contributed by atoms with Crippen molar-refractivity contribution in [2.75, 3.05) is 0 Å². The number of nitrogens with zero attached hydrogens (tertiary/aromatic N) is 2. The Morgan fingerprint density at radius 3 is 2.65 bits per heavy atom. The molecule has 0 aliphatic carbocycles. The van der Waals surface area contributed by atoms with Crippen LogP contribution in [-0.4, -0.2) is 31.1 Å². The molecular formula is C17H20N6O3. The molecule has 3 rings (SSSR count). The van der Waals surface area contributed by atoms with Crippen molar-refractivity contribution in [1.82, 2.24) is 30.5 Å². The monoisotopic (exact) mass is 356 g/mol. The van der Waals surface area contributed by atoms with Crippen molar-refractivity contribution >= 4 is 16.9 Å². The molecule has 3 aromatic rings. The summed E-state index contributed by atoms with van der Waals surface area (Å²) in [5.74, 6) is 0.584. The van der Waals surface area contributed by atoms with Crippen molar-refractivity contribution < 1.29 is 4.79 Å². The summed E-state index contributed by atoms with van der Waals surface area (Å²) < 4.78 is 0. The number of aromatic nitrogens is 5. The molecule has 0 radical (unpaired) electrons. The SMILES string of the molecule is CC(C)[C@@H](NC(=O)CCc1n[nH]c(=O)[nH]c1=O)c1nc2ccccc2[nH]1. The summed E-state index contributed by atoms with van der Waals surface area (Å²) in [5, 5.41) is 8.78. The summed E-state index contributed by atoms with van der Waals surface area (Å²) in [6.07, 6.45) is 0.203. The molecule has 2 heterocycles. The maximum absolute atomic E-state index is 12.3. The second-order valence-corrected chi connectivity index (χ2v) is 6.38. The second-order valence-electron chi connectivity index (χ2n) is 6.38. The van der Waals surface area contributed by atoms with E-state index >= 15 is 0 Å². The molecule has 4 N–H and O–H groups in total. The number of nitrogens with one attached hydrogen (secondary N) is 4. The van der Waals surface area contributed by atoms with Gasteiger partial charge in [-0.2, -0.15) is 5.10 Å². The average Bonchev–Trinajstić information content (AvgIpc) is 3.02. The molecule has 0 saturated carbocycles. The van der Waals surface area contributed by atoms with Crippen LogP contribution in [0.5, 0.6) is 0 Å². The number of rotatable bonds is 6. The Kier molecular flexibility index (Phi) is 4.97. The fourth-order valence-corrected chi connectivity index (χ4v) is 2.69. The molecular weight excluding hydrogens is 336 g/mol. The Morgan fingerprint density at radius 1 is 1.19 bits per heavy atom. The lowest BCUT2D eigenvalue weighted by molar-refractivity contribution is -0.122. The van der Waals surface area contributed by atoms with Gasteiger partial charge in [0.05, 0.1) is 17.1 Å². The van der Waals surface area contributed by atoms with Gasteiger partial charge in [-0.05, 0) is 18.1 Å². The number of imidazole rings is 1. The van der Waals surface area contributed by atoms with Crippen LogP contribution in [0.25, 0.3) is 11.0 Å². The minimum Gasteiger partial charge on any atom is -0.346 e. The maximum Gasteiger partial charge on any atom is 0.342 e. The number of H-pyrrole nitrogens is 3. The zero-order valence-corrected chi connectivity index (χ0v) is 14.5. The van der Waals surface area contributed by atoms with E-state index < -0.39 is 11.2 Å². The van der Waals surface area contributed by atoms with Gasteiger partial charge in [0.15, 0.2) is 0 Å². The predicted molar refractivity (Wildman–Crippen MR) is 95.6 cm³/mol. The fraction of sp³-hybridized carbons (Fsp3) is 0.353. The first-order chi connectivity index (χ1) is 12.4. The highest BCUT2D eigenvalue weighted by Gasteiger charge is 2.22. The van der Waals surface area contributed by atoms with Crippen LogP contribution in [0.1, 0.15) is 37.8 Å². The molecule has 26 heavy (non-hydrogen) atoms. The summed E-state index contributed by atoms with van der Waals surface area (Å²) in [5.41, 5.74) is 0.606. The van der Waals surface area contributed by atoms with E-state index in [1.807, 2.05) is 38.1 Å². The molecule has 0 aliphatic rings. The van der Waals surface area contributed by atoms with E-state index in [1.165, 1.54) is 0 Å². The van der Waals surface area contributed by atoms with Gasteiger partial charge < -0.3 is 10.3 Å². The number of aromatic amines is 3. The van der Waals surface area contributed by atoms with Crippen LogP contribution in [0, 0.1) is 5.92 Å². The van der Waals surface area contributed by atoms with Gasteiger partial charge in [0.1, 0.15) is 11.5 Å². The number of benzene rings is 1. The van der Waals surface area contributed by atoms with E-state index in [4.69, 9.17) is 0 Å². The molecule has 0 spiro atoms. The third-order valence-electron chi connectivity index (χ3n) is 4.06. The molecule has 0 aliphatic heterocycles. The van der Waals surface area contributed by atoms with Crippen LogP contribution in [0.15, 0.2) is 33.9 Å². The van der Waals surface area contributed by atoms with E-state index in [-0.39, 0.29) is 36.4 Å². The van der Waals surface area contributed by atoms with Crippen molar-refractivity contribution in [3.63, 3.8) is 0 Å². The Balaban J connectivity index is 1.70. The van der Waals surface area contributed by atoms with Crippen LogP contribution in [0.3, 0.4) is 0 Å². The largest absolute Gasteiger partial charge is 0.346 e. The van der Waals surface area contributed by atoms with Gasteiger partial charge in [-0.3, -0.25) is 14.6 Å². The lowest BCUT2D eigenvalue weighted by Gasteiger charge is -2.20. The second kappa shape index (κ2) is 7.34. The van der Waals surface area contributed by atoms with Crippen LogP contribution in [0.2, 0.25) is 0 Å². The summed E-state index contributed by atoms with van der Waals surface area (Å²) in [6, 6.07) is 7.38. The number of aryl methyl sites for hydroxylation is 1. The van der Waals surface area contributed by atoms with Crippen LogP contribution >= 0.6 is 0 Å². The maximum atomic E-state index is 12.3. The molecule has 1 atom stereocenters. The molecule has 9 heteroatoms. The quantitative estimate of drug-likeness (QED) is 0.517. The first kappa shape index (κ1) is 17.6. The first-order valence-corrected chi connectivity index (χ1v) is 8.36. The standard InChI is InChI=1S/C17H20N6O3/c1-9(2)14(15-18-10-5-3-4-6-11(10)19-15)20-13(24)8-7-12-16(25)21-17(26)23-22-12/h3-6,9,14H,7-8H2,1-2H3,(H,18,19)(H,20,24)(H2,21,23,25,26)/t14-/m1/s1. The van der Waals surface area contributed by atoms with Crippen LogP contribution < -0.4 is 16.6 Å². The van der Waals surface area contributed by atoms with Crippen molar-refractivity contribution in [3.8, 4) is 0 Å². The third-order valence-corrected chi connectivity index (χ3v) is 4.06. The van der Waals surface area contributed by atoms with Gasteiger partial charge in [0.2, 0.25) is 5.91 Å². The number of hydrogen-bond acceptors (Lipinski definition) is 5. The Hall–Kier alpha value is -3.23. The predicted octanol–water partition coefficient (Wildman–Crippen LogP) is 0.781. The molecule has 136 valence electrons. The number of carbonyl (C=O) groups excluding carboxylic acids is 1. The molecule has 9 nitrogen and oxygen atoms in total. The Morgan fingerprint density at radius 2 is 1.96 bits per heavy atom.